The second-order valence-corrected chi connectivity index (χ2v) is 7.39. The molecule has 0 aliphatic carbocycles. The highest BCUT2D eigenvalue weighted by Gasteiger charge is 2.16. The number of nitrogens with one attached hydrogen (secondary N) is 1. The van der Waals surface area contributed by atoms with Crippen LogP contribution in [0.1, 0.15) is 41.0 Å². The van der Waals surface area contributed by atoms with Gasteiger partial charge in [0.2, 0.25) is 0 Å². The monoisotopic (exact) mass is 405 g/mol. The van der Waals surface area contributed by atoms with Crippen LogP contribution in [0.5, 0.6) is 0 Å². The fourth-order valence-electron chi connectivity index (χ4n) is 3.10. The highest BCUT2D eigenvalue weighted by Crippen LogP contribution is 2.25. The van der Waals surface area contributed by atoms with E-state index in [2.05, 4.69) is 15.3 Å². The number of imidazole rings is 1. The van der Waals surface area contributed by atoms with Gasteiger partial charge in [0, 0.05) is 31.0 Å². The van der Waals surface area contributed by atoms with Gasteiger partial charge in [-0.1, -0.05) is 24.3 Å². The average molecular weight is 406 g/mol. The van der Waals surface area contributed by atoms with Crippen LogP contribution in [-0.2, 0) is 0 Å². The number of nitrogens with two attached hydrogens (primary N) is 2. The van der Waals surface area contributed by atoms with Gasteiger partial charge in [-0.15, -0.1) is 0 Å². The first-order valence-corrected chi connectivity index (χ1v) is 9.63. The summed E-state index contributed by atoms with van der Waals surface area (Å²) in [6.07, 6.45) is 4.99. The molecule has 0 radical (unpaired) electrons. The minimum absolute atomic E-state index is 0.0607. The summed E-state index contributed by atoms with van der Waals surface area (Å²) in [5.41, 5.74) is 10.7. The number of aryl methyl sites for hydroxylation is 1. The van der Waals surface area contributed by atoms with Gasteiger partial charge in [-0.2, -0.15) is 0 Å². The molecule has 0 saturated heterocycles. The number of amides is 1. The Morgan fingerprint density at radius 1 is 1.17 bits per heavy atom. The first kappa shape index (κ1) is 21.1. The standard InChI is InChI=1S/C22H27N7O/c1-14(2)27-22(30)16-9-10-19(25-11-16)29-12-18(26-13-29)21(28(4)24)20(23)17-8-6-5-7-15(17)3/h5-14H,23-24H2,1-4H3,(H,27,30)/b21-20-. The van der Waals surface area contributed by atoms with Crippen molar-refractivity contribution in [1.82, 2.24) is 24.9 Å². The molecule has 0 spiro atoms. The van der Waals surface area contributed by atoms with E-state index >= 15 is 0 Å². The second-order valence-electron chi connectivity index (χ2n) is 7.39. The van der Waals surface area contributed by atoms with Crippen LogP contribution in [0, 0.1) is 6.92 Å². The summed E-state index contributed by atoms with van der Waals surface area (Å²) in [5, 5.41) is 4.30. The lowest BCUT2D eigenvalue weighted by Gasteiger charge is -2.19. The summed E-state index contributed by atoms with van der Waals surface area (Å²) < 4.78 is 1.76. The van der Waals surface area contributed by atoms with Crippen LogP contribution in [0.4, 0.5) is 0 Å². The third kappa shape index (κ3) is 4.49. The van der Waals surface area contributed by atoms with Crippen LogP contribution in [0.25, 0.3) is 17.2 Å². The van der Waals surface area contributed by atoms with E-state index in [1.807, 2.05) is 45.0 Å². The zero-order chi connectivity index (χ0) is 21.8. The van der Waals surface area contributed by atoms with Gasteiger partial charge in [0.1, 0.15) is 23.5 Å². The Balaban J connectivity index is 1.93. The van der Waals surface area contributed by atoms with Gasteiger partial charge in [0.15, 0.2) is 0 Å². The summed E-state index contributed by atoms with van der Waals surface area (Å²) in [6, 6.07) is 11.4. The number of hydrazine groups is 1. The fourth-order valence-corrected chi connectivity index (χ4v) is 3.10. The lowest BCUT2D eigenvalue weighted by Crippen LogP contribution is -2.30. The lowest BCUT2D eigenvalue weighted by molar-refractivity contribution is 0.0943. The van der Waals surface area contributed by atoms with Crippen molar-refractivity contribution in [1.29, 1.82) is 0 Å². The molecule has 156 valence electrons. The van der Waals surface area contributed by atoms with Crippen LogP contribution < -0.4 is 16.9 Å². The highest BCUT2D eigenvalue weighted by atomic mass is 16.1. The van der Waals surface area contributed by atoms with Gasteiger partial charge in [-0.05, 0) is 38.5 Å². The molecular weight excluding hydrogens is 378 g/mol. The van der Waals surface area contributed by atoms with E-state index in [0.717, 1.165) is 11.1 Å². The molecule has 0 bridgehead atoms. The summed E-state index contributed by atoms with van der Waals surface area (Å²) in [5.74, 6) is 6.56. The maximum Gasteiger partial charge on any atom is 0.253 e. The number of nitrogens with zero attached hydrogens (tertiary/aromatic N) is 4. The molecule has 1 aromatic carbocycles. The van der Waals surface area contributed by atoms with Gasteiger partial charge in [0.25, 0.3) is 5.91 Å². The largest absolute Gasteiger partial charge is 0.396 e. The highest BCUT2D eigenvalue weighted by molar-refractivity contribution is 5.94. The van der Waals surface area contributed by atoms with Crippen molar-refractivity contribution in [2.45, 2.75) is 26.8 Å². The molecule has 1 amide bonds. The quantitative estimate of drug-likeness (QED) is 0.428. The fraction of sp³-hybridized carbons (Fsp3) is 0.227. The normalized spacial score (nSPS) is 11.9. The molecule has 0 unspecified atom stereocenters. The van der Waals surface area contributed by atoms with E-state index in [9.17, 15) is 4.79 Å². The number of pyridine rings is 1. The molecule has 3 aromatic rings. The number of carbonyl (C=O) groups excluding carboxylic acids is 1. The van der Waals surface area contributed by atoms with Crippen LogP contribution in [-0.4, -0.2) is 38.5 Å². The number of rotatable bonds is 6. The SMILES string of the molecule is Cc1ccccc1/C(N)=C(\c1cn(-c2ccc(C(=O)NC(C)C)cn2)cn1)N(C)N. The molecule has 0 aliphatic rings. The van der Waals surface area contributed by atoms with Crippen LogP contribution >= 0.6 is 0 Å². The predicted octanol–water partition coefficient (Wildman–Crippen LogP) is 2.30. The van der Waals surface area contributed by atoms with Crippen molar-refractivity contribution in [2.75, 3.05) is 7.05 Å². The summed E-state index contributed by atoms with van der Waals surface area (Å²) in [4.78, 5) is 21.0. The van der Waals surface area contributed by atoms with Gasteiger partial charge < -0.3 is 16.1 Å². The third-order valence-electron chi connectivity index (χ3n) is 4.56. The topological polar surface area (TPSA) is 115 Å². The number of benzene rings is 1. The van der Waals surface area contributed by atoms with Gasteiger partial charge in [0.05, 0.1) is 11.3 Å². The lowest BCUT2D eigenvalue weighted by atomic mass is 10.0. The molecule has 30 heavy (non-hydrogen) atoms. The maximum absolute atomic E-state index is 12.1. The van der Waals surface area contributed by atoms with E-state index < -0.39 is 0 Å². The molecule has 5 N–H and O–H groups in total. The summed E-state index contributed by atoms with van der Waals surface area (Å²) >= 11 is 0. The second kappa shape index (κ2) is 8.79. The Morgan fingerprint density at radius 2 is 1.90 bits per heavy atom. The first-order valence-electron chi connectivity index (χ1n) is 9.63. The Bertz CT molecular complexity index is 1070. The molecule has 0 saturated carbocycles. The van der Waals surface area contributed by atoms with Crippen LogP contribution in [0.2, 0.25) is 0 Å². The van der Waals surface area contributed by atoms with E-state index in [1.54, 1.807) is 42.5 Å². The Morgan fingerprint density at radius 3 is 2.50 bits per heavy atom. The average Bonchev–Trinajstić information content (AvgIpc) is 3.17. The number of aromatic nitrogens is 3. The smallest absolute Gasteiger partial charge is 0.253 e. The van der Waals surface area contributed by atoms with Crippen LogP contribution in [0.3, 0.4) is 0 Å². The number of hydrogen-bond acceptors (Lipinski definition) is 6. The van der Waals surface area contributed by atoms with Crippen LogP contribution in [0.15, 0.2) is 55.1 Å². The Labute approximate surface area is 176 Å². The van der Waals surface area contributed by atoms with Gasteiger partial charge in [-0.25, -0.2) is 15.8 Å². The Hall–Kier alpha value is -3.65. The molecule has 2 aromatic heterocycles. The minimum atomic E-state index is -0.156. The zero-order valence-corrected chi connectivity index (χ0v) is 17.6. The van der Waals surface area contributed by atoms with Crippen molar-refractivity contribution in [3.05, 3.63) is 77.5 Å². The van der Waals surface area contributed by atoms with E-state index in [4.69, 9.17) is 11.6 Å². The molecule has 8 heteroatoms. The number of carbonyl (C=O) groups is 1. The van der Waals surface area contributed by atoms with E-state index in [0.29, 0.717) is 28.5 Å². The Kier molecular flexibility index (Phi) is 6.17. The van der Waals surface area contributed by atoms with E-state index in [1.165, 1.54) is 5.01 Å². The molecule has 2 heterocycles. The zero-order valence-electron chi connectivity index (χ0n) is 17.6. The molecule has 3 rings (SSSR count). The maximum atomic E-state index is 12.1. The molecular formula is C22H27N7O. The predicted molar refractivity (Wildman–Crippen MR) is 118 cm³/mol. The molecule has 0 aliphatic heterocycles. The number of hydrogen-bond donors (Lipinski definition) is 3. The summed E-state index contributed by atoms with van der Waals surface area (Å²) in [6.45, 7) is 5.82. The summed E-state index contributed by atoms with van der Waals surface area (Å²) in [7, 11) is 1.72. The van der Waals surface area contributed by atoms with Crippen molar-refractivity contribution < 1.29 is 4.79 Å². The third-order valence-corrected chi connectivity index (χ3v) is 4.56. The van der Waals surface area contributed by atoms with Crippen molar-refractivity contribution in [3.8, 4) is 5.82 Å². The first-order chi connectivity index (χ1) is 14.3. The van der Waals surface area contributed by atoms with Gasteiger partial charge in [-0.3, -0.25) is 9.36 Å². The minimum Gasteiger partial charge on any atom is -0.396 e. The molecule has 0 atom stereocenters. The van der Waals surface area contributed by atoms with Gasteiger partial charge >= 0.3 is 0 Å². The van der Waals surface area contributed by atoms with Crippen molar-refractivity contribution in [3.63, 3.8) is 0 Å². The molecule has 8 nitrogen and oxygen atoms in total. The van der Waals surface area contributed by atoms with Crippen molar-refractivity contribution >= 4 is 17.3 Å². The van der Waals surface area contributed by atoms with E-state index in [-0.39, 0.29) is 11.9 Å². The van der Waals surface area contributed by atoms with Crippen molar-refractivity contribution in [2.24, 2.45) is 11.6 Å². The molecule has 0 fully saturated rings.